The van der Waals surface area contributed by atoms with Gasteiger partial charge in [-0.1, -0.05) is 42.5 Å². The average molecular weight is 615 g/mol. The predicted octanol–water partition coefficient (Wildman–Crippen LogP) is 6.69. The molecule has 0 atom stereocenters. The van der Waals surface area contributed by atoms with Gasteiger partial charge in [-0.3, -0.25) is 14.5 Å². The summed E-state index contributed by atoms with van der Waals surface area (Å²) in [6.45, 7) is 5.19. The van der Waals surface area contributed by atoms with Gasteiger partial charge in [0.1, 0.15) is 19.0 Å². The third kappa shape index (κ3) is 6.61. The molecule has 1 aliphatic rings. The molecule has 0 radical (unpaired) electrons. The van der Waals surface area contributed by atoms with Gasteiger partial charge in [-0.25, -0.2) is 0 Å². The molecule has 36 heavy (non-hydrogen) atoms. The first-order chi connectivity index (χ1) is 17.4. The highest BCUT2D eigenvalue weighted by Crippen LogP contribution is 2.38. The molecule has 1 fully saturated rings. The minimum absolute atomic E-state index is 0.184. The van der Waals surface area contributed by atoms with E-state index in [2.05, 4.69) is 22.6 Å². The topological polar surface area (TPSA) is 65.1 Å². The van der Waals surface area contributed by atoms with E-state index in [0.29, 0.717) is 35.4 Å². The Morgan fingerprint density at radius 3 is 2.53 bits per heavy atom. The number of thioether (sulfide) groups is 1. The summed E-state index contributed by atoms with van der Waals surface area (Å²) in [4.78, 5) is 27.0. The van der Waals surface area contributed by atoms with E-state index in [4.69, 9.17) is 14.2 Å². The Morgan fingerprint density at radius 1 is 0.972 bits per heavy atom. The fraction of sp³-hybridized carbons (Fsp3) is 0.214. The maximum Gasteiger partial charge on any atom is 0.293 e. The maximum absolute atomic E-state index is 12.9. The zero-order chi connectivity index (χ0) is 25.5. The van der Waals surface area contributed by atoms with Crippen molar-refractivity contribution < 1.29 is 23.8 Å². The number of imide groups is 1. The number of benzene rings is 3. The lowest BCUT2D eigenvalue weighted by Crippen LogP contribution is -2.32. The van der Waals surface area contributed by atoms with Gasteiger partial charge in [0.15, 0.2) is 11.5 Å². The minimum Gasteiger partial charge on any atom is -0.492 e. The Labute approximate surface area is 228 Å². The largest absolute Gasteiger partial charge is 0.492 e. The van der Waals surface area contributed by atoms with Crippen LogP contribution >= 0.6 is 34.4 Å². The Morgan fingerprint density at radius 2 is 1.78 bits per heavy atom. The summed E-state index contributed by atoms with van der Waals surface area (Å²) in [5.41, 5.74) is 2.90. The molecule has 3 aromatic carbocycles. The molecule has 4 rings (SSSR count). The molecule has 0 aliphatic carbocycles. The summed E-state index contributed by atoms with van der Waals surface area (Å²) < 4.78 is 18.5. The van der Waals surface area contributed by atoms with Crippen molar-refractivity contribution in [1.29, 1.82) is 0 Å². The van der Waals surface area contributed by atoms with Crippen LogP contribution in [0.3, 0.4) is 0 Å². The second-order valence-corrected chi connectivity index (χ2v) is 10.2. The van der Waals surface area contributed by atoms with E-state index in [1.165, 1.54) is 4.90 Å². The number of rotatable bonds is 10. The van der Waals surface area contributed by atoms with Crippen molar-refractivity contribution in [1.82, 2.24) is 4.90 Å². The molecule has 186 valence electrons. The Bertz CT molecular complexity index is 1280. The van der Waals surface area contributed by atoms with Crippen molar-refractivity contribution in [3.63, 3.8) is 0 Å². The van der Waals surface area contributed by atoms with Crippen molar-refractivity contribution in [2.75, 3.05) is 19.8 Å². The lowest BCUT2D eigenvalue weighted by molar-refractivity contribution is -0.123. The van der Waals surface area contributed by atoms with Crippen LogP contribution in [0.1, 0.15) is 23.6 Å². The van der Waals surface area contributed by atoms with Gasteiger partial charge in [0.05, 0.1) is 21.6 Å². The van der Waals surface area contributed by atoms with Gasteiger partial charge in [-0.2, -0.15) is 0 Å². The van der Waals surface area contributed by atoms with E-state index in [-0.39, 0.29) is 24.3 Å². The third-order valence-corrected chi connectivity index (χ3v) is 7.01. The van der Waals surface area contributed by atoms with Crippen LogP contribution in [0.15, 0.2) is 71.6 Å². The fourth-order valence-corrected chi connectivity index (χ4v) is 5.25. The van der Waals surface area contributed by atoms with Crippen molar-refractivity contribution in [3.05, 3.63) is 91.9 Å². The molecule has 0 unspecified atom stereocenters. The minimum atomic E-state index is -0.324. The van der Waals surface area contributed by atoms with Crippen LogP contribution < -0.4 is 14.2 Å². The smallest absolute Gasteiger partial charge is 0.293 e. The summed E-state index contributed by atoms with van der Waals surface area (Å²) in [5.74, 6) is 1.64. The number of carbonyl (C=O) groups is 2. The number of nitrogens with zero attached hydrogens (tertiary/aromatic N) is 1. The molecule has 0 aromatic heterocycles. The predicted molar refractivity (Wildman–Crippen MR) is 150 cm³/mol. The lowest BCUT2D eigenvalue weighted by Gasteiger charge is -2.15. The van der Waals surface area contributed by atoms with Crippen LogP contribution in [0.4, 0.5) is 4.79 Å². The van der Waals surface area contributed by atoms with Crippen molar-refractivity contribution in [2.45, 2.75) is 20.5 Å². The van der Waals surface area contributed by atoms with Gasteiger partial charge in [0, 0.05) is 0 Å². The molecule has 1 saturated heterocycles. The van der Waals surface area contributed by atoms with Crippen molar-refractivity contribution >= 4 is 51.6 Å². The lowest BCUT2D eigenvalue weighted by atomic mass is 10.1. The van der Waals surface area contributed by atoms with Crippen LogP contribution in [-0.4, -0.2) is 35.8 Å². The first kappa shape index (κ1) is 26.1. The summed E-state index contributed by atoms with van der Waals surface area (Å²) >= 11 is 3.13. The van der Waals surface area contributed by atoms with E-state index in [0.717, 1.165) is 32.0 Å². The molecule has 1 heterocycles. The summed E-state index contributed by atoms with van der Waals surface area (Å²) in [7, 11) is 0. The van der Waals surface area contributed by atoms with Gasteiger partial charge >= 0.3 is 0 Å². The third-order valence-electron chi connectivity index (χ3n) is 5.30. The second kappa shape index (κ2) is 12.3. The van der Waals surface area contributed by atoms with Crippen LogP contribution in [-0.2, 0) is 11.4 Å². The van der Waals surface area contributed by atoms with Gasteiger partial charge < -0.3 is 14.2 Å². The maximum atomic E-state index is 12.9. The van der Waals surface area contributed by atoms with Gasteiger partial charge in [0.25, 0.3) is 11.1 Å². The van der Waals surface area contributed by atoms with E-state index >= 15 is 0 Å². The number of carbonyl (C=O) groups excluding carboxylic acids is 2. The molecule has 1 aliphatic heterocycles. The molecule has 3 aromatic rings. The molecular weight excluding hydrogens is 589 g/mol. The monoisotopic (exact) mass is 615 g/mol. The molecular formula is C28H26INO5S. The molecule has 8 heteroatoms. The van der Waals surface area contributed by atoms with Crippen LogP contribution in [0.25, 0.3) is 6.08 Å². The molecule has 2 amide bonds. The zero-order valence-electron chi connectivity index (χ0n) is 20.0. The summed E-state index contributed by atoms with van der Waals surface area (Å²) in [6, 6.07) is 21.3. The highest BCUT2D eigenvalue weighted by Gasteiger charge is 2.35. The first-order valence-corrected chi connectivity index (χ1v) is 13.4. The standard InChI is InChI=1S/C28H26INO5S/c1-3-33-24-16-21(15-23(29)26(24)35-18-20-9-5-4-6-10-20)17-25-27(31)30(28(32)36-25)12-13-34-22-11-7-8-19(2)14-22/h4-11,14-17H,3,12-13,18H2,1-2H3/b25-17-. The quantitative estimate of drug-likeness (QED) is 0.187. The number of ether oxygens (including phenoxy) is 3. The van der Waals surface area contributed by atoms with Crippen LogP contribution in [0.5, 0.6) is 17.2 Å². The number of halogens is 1. The average Bonchev–Trinajstić information content (AvgIpc) is 3.12. The first-order valence-electron chi connectivity index (χ1n) is 11.5. The number of aryl methyl sites for hydroxylation is 1. The van der Waals surface area contributed by atoms with E-state index < -0.39 is 0 Å². The molecule has 0 saturated carbocycles. The van der Waals surface area contributed by atoms with Crippen LogP contribution in [0, 0.1) is 10.5 Å². The Balaban J connectivity index is 1.46. The number of hydrogen-bond acceptors (Lipinski definition) is 6. The Hall–Kier alpha value is -2.98. The van der Waals surface area contributed by atoms with Gasteiger partial charge in [-0.05, 0) is 95.2 Å². The van der Waals surface area contributed by atoms with E-state index in [1.807, 2.05) is 80.6 Å². The van der Waals surface area contributed by atoms with E-state index in [9.17, 15) is 9.59 Å². The highest BCUT2D eigenvalue weighted by atomic mass is 127. The van der Waals surface area contributed by atoms with Crippen molar-refractivity contribution in [3.8, 4) is 17.2 Å². The van der Waals surface area contributed by atoms with Crippen molar-refractivity contribution in [2.24, 2.45) is 0 Å². The fourth-order valence-electron chi connectivity index (χ4n) is 3.61. The van der Waals surface area contributed by atoms with E-state index in [1.54, 1.807) is 6.08 Å². The summed E-state index contributed by atoms with van der Waals surface area (Å²) in [5, 5.41) is -0.304. The van der Waals surface area contributed by atoms with Gasteiger partial charge in [-0.15, -0.1) is 0 Å². The molecule has 6 nitrogen and oxygen atoms in total. The normalized spacial score (nSPS) is 14.4. The molecule has 0 N–H and O–H groups in total. The SMILES string of the molecule is CCOc1cc(/C=C2\SC(=O)N(CCOc3cccc(C)c3)C2=O)cc(I)c1OCc1ccccc1. The van der Waals surface area contributed by atoms with Gasteiger partial charge in [0.2, 0.25) is 0 Å². The molecule has 0 spiro atoms. The highest BCUT2D eigenvalue weighted by molar-refractivity contribution is 14.1. The Kier molecular flexibility index (Phi) is 8.93. The zero-order valence-corrected chi connectivity index (χ0v) is 23.0. The van der Waals surface area contributed by atoms with Crippen LogP contribution in [0.2, 0.25) is 0 Å². The number of hydrogen-bond donors (Lipinski definition) is 0. The second-order valence-electron chi connectivity index (χ2n) is 8.04. The summed E-state index contributed by atoms with van der Waals surface area (Å²) in [6.07, 6.45) is 1.72. The number of amides is 2. The molecule has 0 bridgehead atoms.